The highest BCUT2D eigenvalue weighted by Crippen LogP contribution is 2.64. The summed E-state index contributed by atoms with van der Waals surface area (Å²) in [6.45, 7) is 6.06. The van der Waals surface area contributed by atoms with Gasteiger partial charge in [-0.3, -0.25) is 14.2 Å². The van der Waals surface area contributed by atoms with Gasteiger partial charge in [-0.2, -0.15) is 0 Å². The van der Waals surface area contributed by atoms with Crippen LogP contribution in [0.1, 0.15) is 40.0 Å². The van der Waals surface area contributed by atoms with E-state index in [0.717, 1.165) is 6.42 Å². The molecule has 2 atom stereocenters. The van der Waals surface area contributed by atoms with Gasteiger partial charge >= 0.3 is 0 Å². The summed E-state index contributed by atoms with van der Waals surface area (Å²) in [6, 6.07) is 10.6. The molecule has 2 aliphatic carbocycles. The molecular weight excluding hydrogens is 556 g/mol. The van der Waals surface area contributed by atoms with Gasteiger partial charge in [-0.25, -0.2) is 16.8 Å². The standard InChI is InChI=1S/C24H29BrN2O6S2/c1-4-33-20-10-5-17(25)14-21(20)35(31,32)27-19-8-6-18(7-9-19)26-34(29,30)15-24-12-11-16(13-22(24)28)23(24,2)3/h5-10,14,16,26-27H,4,11-13,15H2,1-3H3/t16-,24-/m0/s1. The van der Waals surface area contributed by atoms with Crippen LogP contribution < -0.4 is 14.2 Å². The van der Waals surface area contributed by atoms with Crippen LogP contribution in [0.5, 0.6) is 5.75 Å². The van der Waals surface area contributed by atoms with E-state index in [1.54, 1.807) is 19.1 Å². The molecule has 0 radical (unpaired) electrons. The summed E-state index contributed by atoms with van der Waals surface area (Å²) in [7, 11) is -7.76. The molecule has 11 heteroatoms. The lowest BCUT2D eigenvalue weighted by molar-refractivity contribution is -0.128. The molecule has 8 nitrogen and oxygen atoms in total. The van der Waals surface area contributed by atoms with Crippen LogP contribution in [0, 0.1) is 16.7 Å². The average molecular weight is 586 g/mol. The van der Waals surface area contributed by atoms with E-state index in [1.807, 2.05) is 13.8 Å². The number of carbonyl (C=O) groups is 1. The lowest BCUT2D eigenvalue weighted by Gasteiger charge is -2.36. The maximum atomic E-state index is 13.0. The number of nitrogens with one attached hydrogen (secondary N) is 2. The van der Waals surface area contributed by atoms with Gasteiger partial charge in [0.15, 0.2) is 0 Å². The van der Waals surface area contributed by atoms with Crippen LogP contribution >= 0.6 is 15.9 Å². The van der Waals surface area contributed by atoms with Crippen molar-refractivity contribution in [2.45, 2.75) is 44.9 Å². The molecule has 0 saturated heterocycles. The summed E-state index contributed by atoms with van der Waals surface area (Å²) >= 11 is 3.28. The van der Waals surface area contributed by atoms with Crippen molar-refractivity contribution in [3.05, 3.63) is 46.9 Å². The second kappa shape index (κ2) is 9.08. The number of rotatable bonds is 9. The molecule has 0 spiro atoms. The van der Waals surface area contributed by atoms with Gasteiger partial charge in [0.2, 0.25) is 10.0 Å². The Labute approximate surface area is 215 Å². The second-order valence-electron chi connectivity index (χ2n) is 9.73. The summed E-state index contributed by atoms with van der Waals surface area (Å²) in [5, 5.41) is 0. The minimum atomic E-state index is -3.96. The van der Waals surface area contributed by atoms with Gasteiger partial charge < -0.3 is 4.74 Å². The van der Waals surface area contributed by atoms with E-state index in [9.17, 15) is 21.6 Å². The van der Waals surface area contributed by atoms with Crippen LogP contribution in [-0.4, -0.2) is 35.0 Å². The fourth-order valence-electron chi connectivity index (χ4n) is 5.43. The number of hydrogen-bond donors (Lipinski definition) is 2. The molecule has 190 valence electrons. The fraction of sp³-hybridized carbons (Fsp3) is 0.458. The molecule has 2 aromatic rings. The Bertz CT molecular complexity index is 1360. The summed E-state index contributed by atoms with van der Waals surface area (Å²) in [5.74, 6) is 0.240. The lowest BCUT2D eigenvalue weighted by atomic mass is 9.70. The number of sulfonamides is 2. The van der Waals surface area contributed by atoms with Crippen LogP contribution in [0.25, 0.3) is 0 Å². The first-order valence-electron chi connectivity index (χ1n) is 11.4. The molecule has 0 unspecified atom stereocenters. The van der Waals surface area contributed by atoms with Crippen molar-refractivity contribution < 1.29 is 26.4 Å². The highest BCUT2D eigenvalue weighted by Gasteiger charge is 2.65. The van der Waals surface area contributed by atoms with Gasteiger partial charge in [0.05, 0.1) is 17.8 Å². The average Bonchev–Trinajstić information content (AvgIpc) is 3.10. The molecule has 2 fully saturated rings. The van der Waals surface area contributed by atoms with Gasteiger partial charge in [-0.05, 0) is 73.6 Å². The first-order valence-corrected chi connectivity index (χ1v) is 15.3. The Hall–Kier alpha value is -2.11. The predicted molar refractivity (Wildman–Crippen MR) is 139 cm³/mol. The zero-order valence-corrected chi connectivity index (χ0v) is 23.0. The van der Waals surface area contributed by atoms with Crippen molar-refractivity contribution in [3.63, 3.8) is 0 Å². The van der Waals surface area contributed by atoms with Crippen LogP contribution in [0.4, 0.5) is 11.4 Å². The smallest absolute Gasteiger partial charge is 0.265 e. The number of Topliss-reactive ketones (excluding diaryl/α,β-unsaturated/α-hetero) is 1. The number of ketones is 1. The van der Waals surface area contributed by atoms with Crippen LogP contribution in [0.2, 0.25) is 0 Å². The molecule has 2 saturated carbocycles. The Morgan fingerprint density at radius 3 is 2.20 bits per heavy atom. The van der Waals surface area contributed by atoms with E-state index in [2.05, 4.69) is 25.4 Å². The van der Waals surface area contributed by atoms with E-state index >= 15 is 0 Å². The monoisotopic (exact) mass is 584 g/mol. The molecule has 0 aromatic heterocycles. The molecule has 35 heavy (non-hydrogen) atoms. The summed E-state index contributed by atoms with van der Waals surface area (Å²) in [4.78, 5) is 12.7. The third-order valence-electron chi connectivity index (χ3n) is 7.48. The SMILES string of the molecule is CCOc1ccc(Br)cc1S(=O)(=O)Nc1ccc(NS(=O)(=O)C[C@@]23CC[C@@H](CC2=O)C3(C)C)cc1. The Balaban J connectivity index is 1.49. The molecule has 2 N–H and O–H groups in total. The molecule has 0 amide bonds. The van der Waals surface area contributed by atoms with Crippen LogP contribution in [0.15, 0.2) is 51.8 Å². The number of fused-ring (bicyclic) bond motifs is 2. The zero-order chi connectivity index (χ0) is 25.6. The number of ether oxygens (including phenoxy) is 1. The van der Waals surface area contributed by atoms with E-state index in [0.29, 0.717) is 29.6 Å². The van der Waals surface area contributed by atoms with Crippen molar-refractivity contribution in [2.24, 2.45) is 16.7 Å². The summed E-state index contributed by atoms with van der Waals surface area (Å²) in [6.07, 6.45) is 1.90. The van der Waals surface area contributed by atoms with E-state index < -0.39 is 25.5 Å². The third-order valence-corrected chi connectivity index (χ3v) is 10.8. The van der Waals surface area contributed by atoms with Crippen molar-refractivity contribution >= 4 is 53.1 Å². The quantitative estimate of drug-likeness (QED) is 0.437. The van der Waals surface area contributed by atoms with Crippen molar-refractivity contribution in [3.8, 4) is 5.75 Å². The first kappa shape index (κ1) is 26.0. The Morgan fingerprint density at radius 2 is 1.66 bits per heavy atom. The minimum absolute atomic E-state index is 0.0172. The van der Waals surface area contributed by atoms with Crippen LogP contribution in [-0.2, 0) is 24.8 Å². The zero-order valence-electron chi connectivity index (χ0n) is 19.8. The molecule has 2 aromatic carbocycles. The maximum absolute atomic E-state index is 13.0. The van der Waals surface area contributed by atoms with Gasteiger partial charge in [0, 0.05) is 22.3 Å². The Kier molecular flexibility index (Phi) is 6.74. The van der Waals surface area contributed by atoms with Gasteiger partial charge in [-0.15, -0.1) is 0 Å². The summed E-state index contributed by atoms with van der Waals surface area (Å²) in [5.41, 5.74) is -0.658. The van der Waals surface area contributed by atoms with E-state index in [-0.39, 0.29) is 39.2 Å². The molecule has 0 aliphatic heterocycles. The molecular formula is C24H29BrN2O6S2. The van der Waals surface area contributed by atoms with Gasteiger partial charge in [-0.1, -0.05) is 29.8 Å². The van der Waals surface area contributed by atoms with Crippen LogP contribution in [0.3, 0.4) is 0 Å². The largest absolute Gasteiger partial charge is 0.492 e. The Morgan fingerprint density at radius 1 is 1.03 bits per heavy atom. The number of benzene rings is 2. The molecule has 0 heterocycles. The van der Waals surface area contributed by atoms with Gasteiger partial charge in [0.1, 0.15) is 16.4 Å². The highest BCUT2D eigenvalue weighted by atomic mass is 79.9. The fourth-order valence-corrected chi connectivity index (χ4v) is 9.07. The predicted octanol–water partition coefficient (Wildman–Crippen LogP) is 4.79. The molecule has 2 bridgehead atoms. The summed E-state index contributed by atoms with van der Waals surface area (Å²) < 4.78 is 63.0. The van der Waals surface area contributed by atoms with Crippen molar-refractivity contribution in [2.75, 3.05) is 21.8 Å². The van der Waals surface area contributed by atoms with Gasteiger partial charge in [0.25, 0.3) is 10.0 Å². The molecule has 4 rings (SSSR count). The van der Waals surface area contributed by atoms with E-state index in [4.69, 9.17) is 4.74 Å². The number of anilines is 2. The maximum Gasteiger partial charge on any atom is 0.265 e. The molecule has 2 aliphatic rings. The minimum Gasteiger partial charge on any atom is -0.492 e. The van der Waals surface area contributed by atoms with E-state index in [1.165, 1.54) is 30.3 Å². The number of hydrogen-bond acceptors (Lipinski definition) is 6. The second-order valence-corrected chi connectivity index (χ2v) is 14.0. The highest BCUT2D eigenvalue weighted by molar-refractivity contribution is 9.10. The first-order chi connectivity index (χ1) is 16.3. The number of carbonyl (C=O) groups excluding carboxylic acids is 1. The lowest BCUT2D eigenvalue weighted by Crippen LogP contribution is -2.43. The number of halogens is 1. The third kappa shape index (κ3) is 4.82. The van der Waals surface area contributed by atoms with Crippen molar-refractivity contribution in [1.82, 2.24) is 0 Å². The topological polar surface area (TPSA) is 119 Å². The van der Waals surface area contributed by atoms with Crippen molar-refractivity contribution in [1.29, 1.82) is 0 Å². The normalized spacial score (nSPS) is 23.3.